The lowest BCUT2D eigenvalue weighted by atomic mass is 10.2. The number of hydrogen-bond acceptors (Lipinski definition) is 5. The van der Waals surface area contributed by atoms with Crippen molar-refractivity contribution < 1.29 is 14.4 Å². The van der Waals surface area contributed by atoms with Crippen molar-refractivity contribution in [1.29, 1.82) is 0 Å². The van der Waals surface area contributed by atoms with E-state index in [1.807, 2.05) is 30.3 Å². The quantitative estimate of drug-likeness (QED) is 0.455. The van der Waals surface area contributed by atoms with Crippen molar-refractivity contribution in [2.75, 3.05) is 4.72 Å². The lowest BCUT2D eigenvalue weighted by molar-refractivity contribution is 0.0705. The Balaban J connectivity index is 0.000000523. The lowest BCUT2D eigenvalue weighted by Gasteiger charge is -2.06. The highest BCUT2D eigenvalue weighted by Crippen LogP contribution is 2.21. The van der Waals surface area contributed by atoms with Gasteiger partial charge in [-0.05, 0) is 30.1 Å². The fourth-order valence-corrected chi connectivity index (χ4v) is 1.96. The molecule has 22 heavy (non-hydrogen) atoms. The number of rotatable bonds is 4. The summed E-state index contributed by atoms with van der Waals surface area (Å²) >= 11 is 1.21. The Bertz CT molecular complexity index is 621. The number of pyridine rings is 1. The Morgan fingerprint density at radius 3 is 2.45 bits per heavy atom. The second-order valence-electron chi connectivity index (χ2n) is 4.57. The standard InChI is InChI=1S/C12H10FN3O2S.C3H6/c13-10-6-8(12(17)15-18)7-14-11(10)16-19-9-4-2-1-3-5-9;1-2-3-1/h1-7,18H,(H,14,16)(H,15,17);1-3H2. The number of amides is 1. The fraction of sp³-hybridized carbons (Fsp3) is 0.200. The monoisotopic (exact) mass is 321 g/mol. The minimum Gasteiger partial charge on any atom is -0.308 e. The van der Waals surface area contributed by atoms with Crippen molar-refractivity contribution in [3.8, 4) is 0 Å². The molecule has 0 atom stereocenters. The molecule has 1 amide bonds. The molecule has 0 unspecified atom stereocenters. The van der Waals surface area contributed by atoms with Crippen molar-refractivity contribution >= 4 is 23.7 Å². The highest BCUT2D eigenvalue weighted by Gasteiger charge is 2.10. The van der Waals surface area contributed by atoms with Gasteiger partial charge in [0.15, 0.2) is 11.6 Å². The molecule has 1 heterocycles. The topological polar surface area (TPSA) is 74.2 Å². The second-order valence-corrected chi connectivity index (χ2v) is 5.45. The number of benzene rings is 1. The van der Waals surface area contributed by atoms with Crippen molar-refractivity contribution in [2.45, 2.75) is 24.2 Å². The summed E-state index contributed by atoms with van der Waals surface area (Å²) in [5.41, 5.74) is 1.35. The maximum Gasteiger partial charge on any atom is 0.276 e. The van der Waals surface area contributed by atoms with E-state index >= 15 is 0 Å². The van der Waals surface area contributed by atoms with Crippen LogP contribution in [0, 0.1) is 5.82 Å². The number of hydroxylamine groups is 1. The molecule has 0 radical (unpaired) electrons. The first-order valence-corrected chi connectivity index (χ1v) is 7.60. The van der Waals surface area contributed by atoms with Gasteiger partial charge in [0.05, 0.1) is 5.56 Å². The molecule has 3 N–H and O–H groups in total. The Morgan fingerprint density at radius 1 is 1.23 bits per heavy atom. The third-order valence-corrected chi connectivity index (χ3v) is 3.37. The molecule has 1 aromatic carbocycles. The molecule has 0 aliphatic heterocycles. The normalized spacial score (nSPS) is 11.9. The molecule has 0 spiro atoms. The predicted octanol–water partition coefficient (Wildman–Crippen LogP) is 3.63. The Hall–Kier alpha value is -2.12. The summed E-state index contributed by atoms with van der Waals surface area (Å²) in [6.45, 7) is 0. The largest absolute Gasteiger partial charge is 0.308 e. The van der Waals surface area contributed by atoms with E-state index in [9.17, 15) is 9.18 Å². The molecule has 7 heteroatoms. The van der Waals surface area contributed by atoms with Gasteiger partial charge in [0, 0.05) is 11.1 Å². The molecule has 0 saturated heterocycles. The van der Waals surface area contributed by atoms with Crippen LogP contribution in [-0.2, 0) is 0 Å². The number of anilines is 1. The SMILES string of the molecule is C1CC1.O=C(NO)c1cnc(NSc2ccccc2)c(F)c1. The van der Waals surface area contributed by atoms with Gasteiger partial charge in [-0.25, -0.2) is 14.9 Å². The van der Waals surface area contributed by atoms with E-state index < -0.39 is 11.7 Å². The molecule has 1 aromatic heterocycles. The van der Waals surface area contributed by atoms with E-state index in [0.29, 0.717) is 0 Å². The van der Waals surface area contributed by atoms with Gasteiger partial charge in [-0.15, -0.1) is 0 Å². The molecule has 1 saturated carbocycles. The van der Waals surface area contributed by atoms with Crippen LogP contribution in [0.25, 0.3) is 0 Å². The molecule has 1 aliphatic rings. The average Bonchev–Trinajstić information content (AvgIpc) is 3.42. The van der Waals surface area contributed by atoms with Gasteiger partial charge in [0.2, 0.25) is 0 Å². The number of hydrogen-bond donors (Lipinski definition) is 3. The third-order valence-electron chi connectivity index (χ3n) is 2.57. The zero-order valence-corrected chi connectivity index (χ0v) is 12.6. The van der Waals surface area contributed by atoms with Crippen LogP contribution in [0.2, 0.25) is 0 Å². The molecule has 2 aromatic rings. The molecule has 3 rings (SSSR count). The molecular formula is C15H16FN3O2S. The van der Waals surface area contributed by atoms with Gasteiger partial charge in [-0.2, -0.15) is 0 Å². The van der Waals surface area contributed by atoms with E-state index in [2.05, 4.69) is 9.71 Å². The summed E-state index contributed by atoms with van der Waals surface area (Å²) in [5.74, 6) is -1.47. The summed E-state index contributed by atoms with van der Waals surface area (Å²) in [6.07, 6.45) is 5.67. The average molecular weight is 321 g/mol. The van der Waals surface area contributed by atoms with Gasteiger partial charge >= 0.3 is 0 Å². The highest BCUT2D eigenvalue weighted by molar-refractivity contribution is 8.00. The van der Waals surface area contributed by atoms with Crippen LogP contribution in [0.5, 0.6) is 0 Å². The molecule has 1 fully saturated rings. The van der Waals surface area contributed by atoms with Gasteiger partial charge in [-0.3, -0.25) is 10.0 Å². The van der Waals surface area contributed by atoms with Crippen molar-refractivity contribution in [3.63, 3.8) is 0 Å². The van der Waals surface area contributed by atoms with Gasteiger partial charge in [0.25, 0.3) is 5.91 Å². The number of carbonyl (C=O) groups excluding carboxylic acids is 1. The maximum atomic E-state index is 13.6. The summed E-state index contributed by atoms with van der Waals surface area (Å²) < 4.78 is 16.4. The minimum atomic E-state index is -0.811. The van der Waals surface area contributed by atoms with Crippen LogP contribution in [-0.4, -0.2) is 16.1 Å². The third kappa shape index (κ3) is 5.34. The summed E-state index contributed by atoms with van der Waals surface area (Å²) in [4.78, 5) is 15.7. The van der Waals surface area contributed by atoms with Crippen molar-refractivity contribution in [2.24, 2.45) is 0 Å². The minimum absolute atomic E-state index is 0.0170. The Labute approximate surface area is 132 Å². The molecule has 1 aliphatic carbocycles. The van der Waals surface area contributed by atoms with Gasteiger partial charge < -0.3 is 4.72 Å². The zero-order valence-electron chi connectivity index (χ0n) is 11.8. The number of nitrogens with zero attached hydrogens (tertiary/aromatic N) is 1. The number of halogens is 1. The van der Waals surface area contributed by atoms with Crippen LogP contribution in [0.4, 0.5) is 10.2 Å². The Kier molecular flexibility index (Phi) is 6.17. The number of carbonyl (C=O) groups is 1. The summed E-state index contributed by atoms with van der Waals surface area (Å²) in [5, 5.41) is 8.43. The van der Waals surface area contributed by atoms with Gasteiger partial charge in [0.1, 0.15) is 0 Å². The fourth-order valence-electron chi connectivity index (χ4n) is 1.30. The van der Waals surface area contributed by atoms with Crippen LogP contribution >= 0.6 is 11.9 Å². The summed E-state index contributed by atoms with van der Waals surface area (Å²) in [6, 6.07) is 10.3. The maximum absolute atomic E-state index is 13.6. The van der Waals surface area contributed by atoms with E-state index in [4.69, 9.17) is 5.21 Å². The molecular weight excluding hydrogens is 305 g/mol. The van der Waals surface area contributed by atoms with E-state index in [1.165, 1.54) is 42.9 Å². The number of nitrogens with one attached hydrogen (secondary N) is 2. The second kappa shape index (κ2) is 8.35. The van der Waals surface area contributed by atoms with E-state index in [0.717, 1.165) is 11.0 Å². The summed E-state index contributed by atoms with van der Waals surface area (Å²) in [7, 11) is 0. The van der Waals surface area contributed by atoms with Gasteiger partial charge in [-0.1, -0.05) is 37.5 Å². The lowest BCUT2D eigenvalue weighted by Crippen LogP contribution is -2.19. The van der Waals surface area contributed by atoms with Crippen LogP contribution in [0.15, 0.2) is 47.5 Å². The van der Waals surface area contributed by atoms with Crippen LogP contribution < -0.4 is 10.2 Å². The number of aromatic nitrogens is 1. The molecule has 116 valence electrons. The van der Waals surface area contributed by atoms with E-state index in [-0.39, 0.29) is 11.4 Å². The first-order chi connectivity index (χ1) is 10.7. The van der Waals surface area contributed by atoms with E-state index in [1.54, 1.807) is 0 Å². The predicted molar refractivity (Wildman–Crippen MR) is 83.2 cm³/mol. The Morgan fingerprint density at radius 2 is 1.91 bits per heavy atom. The first-order valence-electron chi connectivity index (χ1n) is 6.78. The first kappa shape index (κ1) is 16.3. The zero-order chi connectivity index (χ0) is 15.8. The van der Waals surface area contributed by atoms with Crippen LogP contribution in [0.3, 0.4) is 0 Å². The van der Waals surface area contributed by atoms with Crippen molar-refractivity contribution in [1.82, 2.24) is 10.5 Å². The smallest absolute Gasteiger partial charge is 0.276 e. The molecule has 0 bridgehead atoms. The van der Waals surface area contributed by atoms with Crippen LogP contribution in [0.1, 0.15) is 29.6 Å². The molecule has 5 nitrogen and oxygen atoms in total. The highest BCUT2D eigenvalue weighted by atomic mass is 32.2. The van der Waals surface area contributed by atoms with Crippen molar-refractivity contribution in [3.05, 3.63) is 54.0 Å².